The van der Waals surface area contributed by atoms with Crippen molar-refractivity contribution in [3.8, 4) is 0 Å². The van der Waals surface area contributed by atoms with Gasteiger partial charge >= 0.3 is 0 Å². The van der Waals surface area contributed by atoms with Gasteiger partial charge in [-0.2, -0.15) is 5.10 Å². The number of nitrogens with two attached hydrogens (primary N) is 1. The van der Waals surface area contributed by atoms with Crippen molar-refractivity contribution in [1.82, 2.24) is 15.5 Å². The van der Waals surface area contributed by atoms with Crippen LogP contribution < -0.4 is 11.1 Å². The Labute approximate surface area is 114 Å². The van der Waals surface area contributed by atoms with Gasteiger partial charge in [0.25, 0.3) is 5.91 Å². The Balaban J connectivity index is 0.00000289. The van der Waals surface area contributed by atoms with Crippen molar-refractivity contribution in [1.29, 1.82) is 0 Å². The topological polar surface area (TPSA) is 83.8 Å². The van der Waals surface area contributed by atoms with Gasteiger partial charge in [0.2, 0.25) is 0 Å². The quantitative estimate of drug-likeness (QED) is 0.780. The molecule has 0 spiro atoms. The van der Waals surface area contributed by atoms with Gasteiger partial charge in [0, 0.05) is 23.7 Å². The van der Waals surface area contributed by atoms with Crippen LogP contribution in [0.25, 0.3) is 0 Å². The Morgan fingerprint density at radius 1 is 1.56 bits per heavy atom. The summed E-state index contributed by atoms with van der Waals surface area (Å²) in [6, 6.07) is 1.89. The Bertz CT molecular complexity index is 382. The first-order valence-corrected chi connectivity index (χ1v) is 5.90. The minimum atomic E-state index is -0.155. The lowest BCUT2D eigenvalue weighted by atomic mass is 9.92. The molecule has 0 bridgehead atoms. The average Bonchev–Trinajstić information content (AvgIpc) is 2.64. The van der Waals surface area contributed by atoms with Crippen molar-refractivity contribution in [3.63, 3.8) is 0 Å². The molecule has 0 saturated heterocycles. The van der Waals surface area contributed by atoms with E-state index in [2.05, 4.69) is 36.3 Å². The zero-order chi connectivity index (χ0) is 13.1. The number of amides is 1. The fourth-order valence-electron chi connectivity index (χ4n) is 1.33. The zero-order valence-corrected chi connectivity index (χ0v) is 12.2. The van der Waals surface area contributed by atoms with E-state index in [-0.39, 0.29) is 29.8 Å². The Kier molecular flexibility index (Phi) is 6.35. The molecule has 6 heteroatoms. The molecule has 1 aromatic heterocycles. The summed E-state index contributed by atoms with van der Waals surface area (Å²) in [4.78, 5) is 11.7. The highest BCUT2D eigenvalue weighted by Gasteiger charge is 2.19. The summed E-state index contributed by atoms with van der Waals surface area (Å²) in [5, 5.41) is 9.70. The molecule has 0 fully saturated rings. The molecule has 1 aromatic rings. The van der Waals surface area contributed by atoms with Crippen LogP contribution in [-0.2, 0) is 5.41 Å². The number of nitrogens with one attached hydrogen (secondary N) is 2. The minimum Gasteiger partial charge on any atom is -0.351 e. The molecular weight excluding hydrogens is 252 g/mol. The number of halogens is 1. The van der Waals surface area contributed by atoms with Crippen molar-refractivity contribution in [3.05, 3.63) is 17.5 Å². The number of nitrogens with zero attached hydrogens (tertiary/aromatic N) is 1. The second-order valence-electron chi connectivity index (χ2n) is 5.44. The number of hydrogen-bond donors (Lipinski definition) is 3. The van der Waals surface area contributed by atoms with Crippen molar-refractivity contribution < 1.29 is 4.79 Å². The molecule has 5 nitrogen and oxygen atoms in total. The molecule has 104 valence electrons. The highest BCUT2D eigenvalue weighted by atomic mass is 35.5. The summed E-state index contributed by atoms with van der Waals surface area (Å²) < 4.78 is 0. The Morgan fingerprint density at radius 3 is 2.61 bits per heavy atom. The van der Waals surface area contributed by atoms with Crippen LogP contribution in [0.2, 0.25) is 0 Å². The van der Waals surface area contributed by atoms with Crippen LogP contribution in [0.5, 0.6) is 0 Å². The van der Waals surface area contributed by atoms with E-state index in [1.807, 2.05) is 6.92 Å². The normalized spacial score (nSPS) is 12.7. The number of hydrogen-bond acceptors (Lipinski definition) is 3. The third-order valence-electron chi connectivity index (χ3n) is 2.50. The fourth-order valence-corrected chi connectivity index (χ4v) is 1.33. The molecule has 1 unspecified atom stereocenters. The Hall–Kier alpha value is -1.07. The molecule has 1 atom stereocenters. The average molecular weight is 275 g/mol. The van der Waals surface area contributed by atoms with E-state index >= 15 is 0 Å². The lowest BCUT2D eigenvalue weighted by Gasteiger charge is -2.14. The second-order valence-corrected chi connectivity index (χ2v) is 5.44. The number of H-pyrrole nitrogens is 1. The fraction of sp³-hybridized carbons (Fsp3) is 0.667. The molecule has 1 amide bonds. The van der Waals surface area contributed by atoms with Crippen LogP contribution in [0.1, 0.15) is 50.3 Å². The first kappa shape index (κ1) is 16.9. The first-order valence-electron chi connectivity index (χ1n) is 5.90. The molecule has 1 heterocycles. The van der Waals surface area contributed by atoms with E-state index in [4.69, 9.17) is 5.73 Å². The third kappa shape index (κ3) is 5.06. The summed E-state index contributed by atoms with van der Waals surface area (Å²) in [7, 11) is 0. The number of aromatic amines is 1. The molecule has 0 aliphatic carbocycles. The summed E-state index contributed by atoms with van der Waals surface area (Å²) in [5.74, 6) is -0.155. The summed E-state index contributed by atoms with van der Waals surface area (Å²) in [5.41, 5.74) is 6.96. The van der Waals surface area contributed by atoms with Gasteiger partial charge in [-0.25, -0.2) is 0 Å². The van der Waals surface area contributed by atoms with Crippen molar-refractivity contribution in [2.75, 3.05) is 6.54 Å². The second kappa shape index (κ2) is 6.75. The predicted molar refractivity (Wildman–Crippen MR) is 75.1 cm³/mol. The van der Waals surface area contributed by atoms with Crippen LogP contribution in [0.15, 0.2) is 6.07 Å². The van der Waals surface area contributed by atoms with Gasteiger partial charge in [-0.1, -0.05) is 20.8 Å². The number of carbonyl (C=O) groups is 1. The molecule has 1 rings (SSSR count). The van der Waals surface area contributed by atoms with Crippen molar-refractivity contribution in [2.45, 2.75) is 45.6 Å². The maximum atomic E-state index is 11.7. The van der Waals surface area contributed by atoms with Gasteiger partial charge < -0.3 is 11.1 Å². The standard InChI is InChI=1S/C12H22N4O.ClH/c1-8(13)5-6-14-11(17)9-7-10(16-15-9)12(2,3)4;/h7-8H,5-6,13H2,1-4H3,(H,14,17)(H,15,16);1H. The zero-order valence-electron chi connectivity index (χ0n) is 11.4. The lowest BCUT2D eigenvalue weighted by Crippen LogP contribution is -2.29. The van der Waals surface area contributed by atoms with Gasteiger partial charge in [-0.05, 0) is 19.4 Å². The molecule has 0 aromatic carbocycles. The number of carbonyl (C=O) groups excluding carboxylic acids is 1. The number of aromatic nitrogens is 2. The van der Waals surface area contributed by atoms with Crippen LogP contribution in [0.4, 0.5) is 0 Å². The lowest BCUT2D eigenvalue weighted by molar-refractivity contribution is 0.0948. The predicted octanol–water partition coefficient (Wildman–Crippen LogP) is 1.60. The van der Waals surface area contributed by atoms with Gasteiger partial charge in [0.15, 0.2) is 0 Å². The number of rotatable bonds is 4. The minimum absolute atomic E-state index is 0. The highest BCUT2D eigenvalue weighted by Crippen LogP contribution is 2.20. The van der Waals surface area contributed by atoms with Crippen molar-refractivity contribution >= 4 is 18.3 Å². The molecule has 4 N–H and O–H groups in total. The molecular formula is C12H23ClN4O. The van der Waals surface area contributed by atoms with Crippen LogP contribution in [0, 0.1) is 0 Å². The molecule has 0 aliphatic heterocycles. The van der Waals surface area contributed by atoms with E-state index in [9.17, 15) is 4.79 Å². The molecule has 18 heavy (non-hydrogen) atoms. The Morgan fingerprint density at radius 2 is 2.17 bits per heavy atom. The van der Waals surface area contributed by atoms with Gasteiger partial charge in [-0.15, -0.1) is 12.4 Å². The van der Waals surface area contributed by atoms with Crippen LogP contribution >= 0.6 is 12.4 Å². The van der Waals surface area contributed by atoms with Crippen LogP contribution in [-0.4, -0.2) is 28.7 Å². The van der Waals surface area contributed by atoms with E-state index in [0.717, 1.165) is 12.1 Å². The monoisotopic (exact) mass is 274 g/mol. The first-order chi connectivity index (χ1) is 7.80. The maximum Gasteiger partial charge on any atom is 0.271 e. The largest absolute Gasteiger partial charge is 0.351 e. The third-order valence-corrected chi connectivity index (χ3v) is 2.50. The SMILES string of the molecule is CC(N)CCNC(=O)c1cc(C(C)(C)C)[nH]n1.Cl. The molecule has 0 saturated carbocycles. The highest BCUT2D eigenvalue weighted by molar-refractivity contribution is 5.92. The summed E-state index contributed by atoms with van der Waals surface area (Å²) in [6.07, 6.45) is 0.766. The van der Waals surface area contributed by atoms with E-state index < -0.39 is 0 Å². The van der Waals surface area contributed by atoms with Crippen molar-refractivity contribution in [2.24, 2.45) is 5.73 Å². The summed E-state index contributed by atoms with van der Waals surface area (Å²) >= 11 is 0. The smallest absolute Gasteiger partial charge is 0.271 e. The summed E-state index contributed by atoms with van der Waals surface area (Å²) in [6.45, 7) is 8.70. The van der Waals surface area contributed by atoms with Gasteiger partial charge in [0.05, 0.1) is 0 Å². The molecule has 0 aliphatic rings. The van der Waals surface area contributed by atoms with E-state index in [0.29, 0.717) is 12.2 Å². The van der Waals surface area contributed by atoms with Gasteiger partial charge in [-0.3, -0.25) is 9.89 Å². The van der Waals surface area contributed by atoms with E-state index in [1.54, 1.807) is 6.07 Å². The maximum absolute atomic E-state index is 11.7. The molecule has 0 radical (unpaired) electrons. The van der Waals surface area contributed by atoms with Crippen LogP contribution in [0.3, 0.4) is 0 Å². The van der Waals surface area contributed by atoms with Gasteiger partial charge in [0.1, 0.15) is 5.69 Å². The van der Waals surface area contributed by atoms with E-state index in [1.165, 1.54) is 0 Å².